The van der Waals surface area contributed by atoms with E-state index in [1.165, 1.54) is 0 Å². The van der Waals surface area contributed by atoms with E-state index in [2.05, 4.69) is 15.8 Å². The highest BCUT2D eigenvalue weighted by Crippen LogP contribution is 2.07. The largest absolute Gasteiger partial charge is 0.383 e. The predicted octanol–water partition coefficient (Wildman–Crippen LogP) is 1.78. The lowest BCUT2D eigenvalue weighted by atomic mass is 10.2. The molecule has 0 spiro atoms. The molecule has 0 fully saturated rings. The first kappa shape index (κ1) is 13.9. The Morgan fingerprint density at radius 1 is 1.47 bits per heavy atom. The van der Waals surface area contributed by atoms with Gasteiger partial charge in [0.25, 0.3) is 0 Å². The van der Waals surface area contributed by atoms with Crippen molar-refractivity contribution in [1.29, 1.82) is 0 Å². The fourth-order valence-corrected chi connectivity index (χ4v) is 1.30. The van der Waals surface area contributed by atoms with Crippen molar-refractivity contribution >= 4 is 35.1 Å². The van der Waals surface area contributed by atoms with Gasteiger partial charge in [0.2, 0.25) is 0 Å². The molecule has 0 amide bonds. The summed E-state index contributed by atoms with van der Waals surface area (Å²) in [7, 11) is 1.64. The molecule has 0 aliphatic heterocycles. The van der Waals surface area contributed by atoms with E-state index in [-0.39, 0.29) is 0 Å². The molecule has 0 radical (unpaired) electrons. The first-order valence-electron chi connectivity index (χ1n) is 5.04. The van der Waals surface area contributed by atoms with Crippen LogP contribution in [0.4, 0.5) is 0 Å². The highest BCUT2D eigenvalue weighted by atomic mass is 35.5. The van der Waals surface area contributed by atoms with Crippen LogP contribution in [-0.2, 0) is 4.74 Å². The second-order valence-corrected chi connectivity index (χ2v) is 4.01. The monoisotopic (exact) mass is 271 g/mol. The van der Waals surface area contributed by atoms with Gasteiger partial charge in [0.1, 0.15) is 0 Å². The van der Waals surface area contributed by atoms with Crippen molar-refractivity contribution in [2.45, 2.75) is 0 Å². The minimum absolute atomic E-state index is 0.465. The van der Waals surface area contributed by atoms with Crippen LogP contribution in [0.5, 0.6) is 0 Å². The molecule has 1 aromatic rings. The molecule has 0 atom stereocenters. The lowest BCUT2D eigenvalue weighted by molar-refractivity contribution is 0.204. The van der Waals surface area contributed by atoms with E-state index in [0.717, 1.165) is 5.56 Å². The molecule has 1 rings (SSSR count). The van der Waals surface area contributed by atoms with Gasteiger partial charge >= 0.3 is 0 Å². The van der Waals surface area contributed by atoms with Gasteiger partial charge in [0.15, 0.2) is 5.11 Å². The molecule has 0 bridgehead atoms. The van der Waals surface area contributed by atoms with Gasteiger partial charge in [0.05, 0.1) is 12.8 Å². The van der Waals surface area contributed by atoms with Crippen LogP contribution in [0.2, 0.25) is 5.02 Å². The van der Waals surface area contributed by atoms with E-state index in [1.807, 2.05) is 12.1 Å². The van der Waals surface area contributed by atoms with E-state index in [9.17, 15) is 0 Å². The second-order valence-electron chi connectivity index (χ2n) is 3.17. The summed E-state index contributed by atoms with van der Waals surface area (Å²) in [6.45, 7) is 1.25. The Hall–Kier alpha value is -1.17. The summed E-state index contributed by atoms with van der Waals surface area (Å²) in [5, 5.41) is 8.09. The molecule has 1 aromatic carbocycles. The Bertz CT molecular complexity index is 381. The number of hydrogen-bond donors (Lipinski definition) is 2. The van der Waals surface area contributed by atoms with Crippen LogP contribution >= 0.6 is 23.8 Å². The van der Waals surface area contributed by atoms with E-state index < -0.39 is 0 Å². The maximum atomic E-state index is 5.76. The van der Waals surface area contributed by atoms with Crippen molar-refractivity contribution in [2.24, 2.45) is 5.10 Å². The molecular weight excluding hydrogens is 258 g/mol. The van der Waals surface area contributed by atoms with Gasteiger partial charge in [-0.25, -0.2) is 0 Å². The lowest BCUT2D eigenvalue weighted by Crippen LogP contribution is -2.34. The molecule has 4 nitrogen and oxygen atoms in total. The Morgan fingerprint density at radius 2 is 2.18 bits per heavy atom. The topological polar surface area (TPSA) is 45.6 Å². The van der Waals surface area contributed by atoms with Crippen molar-refractivity contribution in [3.05, 3.63) is 34.9 Å². The smallest absolute Gasteiger partial charge is 0.187 e. The lowest BCUT2D eigenvalue weighted by Gasteiger charge is -2.05. The number of halogens is 1. The number of ether oxygens (including phenoxy) is 1. The standard InChI is InChI=1S/C11H14ClN3OS/c1-16-7-6-13-11(17)15-14-8-9-2-4-10(12)5-3-9/h2-5,8H,6-7H2,1H3,(H2,13,15,17)/b14-8-. The van der Waals surface area contributed by atoms with Crippen LogP contribution in [-0.4, -0.2) is 31.6 Å². The molecule has 0 aliphatic rings. The number of methoxy groups -OCH3 is 1. The predicted molar refractivity (Wildman–Crippen MR) is 74.7 cm³/mol. The molecule has 0 saturated heterocycles. The molecule has 2 N–H and O–H groups in total. The van der Waals surface area contributed by atoms with Crippen LogP contribution < -0.4 is 10.7 Å². The molecule has 17 heavy (non-hydrogen) atoms. The van der Waals surface area contributed by atoms with E-state index >= 15 is 0 Å². The quantitative estimate of drug-likeness (QED) is 0.371. The average molecular weight is 272 g/mol. The zero-order valence-electron chi connectivity index (χ0n) is 9.44. The summed E-state index contributed by atoms with van der Waals surface area (Å²) in [6, 6.07) is 7.35. The maximum Gasteiger partial charge on any atom is 0.187 e. The minimum atomic E-state index is 0.465. The fraction of sp³-hybridized carbons (Fsp3) is 0.273. The Kier molecular flexibility index (Phi) is 6.54. The van der Waals surface area contributed by atoms with Gasteiger partial charge in [0, 0.05) is 18.7 Å². The zero-order valence-corrected chi connectivity index (χ0v) is 11.0. The highest BCUT2D eigenvalue weighted by Gasteiger charge is 1.91. The van der Waals surface area contributed by atoms with E-state index in [4.69, 9.17) is 28.6 Å². The first-order valence-corrected chi connectivity index (χ1v) is 5.82. The summed E-state index contributed by atoms with van der Waals surface area (Å²) in [6.07, 6.45) is 1.67. The Morgan fingerprint density at radius 3 is 2.82 bits per heavy atom. The maximum absolute atomic E-state index is 5.76. The molecule has 0 saturated carbocycles. The van der Waals surface area contributed by atoms with Crippen molar-refractivity contribution < 1.29 is 4.74 Å². The van der Waals surface area contributed by atoms with Gasteiger partial charge in [-0.3, -0.25) is 5.43 Å². The summed E-state index contributed by atoms with van der Waals surface area (Å²) in [5.74, 6) is 0. The molecule has 0 aromatic heterocycles. The van der Waals surface area contributed by atoms with Gasteiger partial charge in [-0.1, -0.05) is 23.7 Å². The third kappa shape index (κ3) is 6.21. The highest BCUT2D eigenvalue weighted by molar-refractivity contribution is 7.80. The first-order chi connectivity index (χ1) is 8.22. The average Bonchev–Trinajstić information content (AvgIpc) is 2.32. The van der Waals surface area contributed by atoms with Crippen molar-refractivity contribution in [3.8, 4) is 0 Å². The van der Waals surface area contributed by atoms with Crippen molar-refractivity contribution in [2.75, 3.05) is 20.3 Å². The van der Waals surface area contributed by atoms with Crippen LogP contribution in [0.3, 0.4) is 0 Å². The summed E-state index contributed by atoms with van der Waals surface area (Å²) < 4.78 is 4.88. The summed E-state index contributed by atoms with van der Waals surface area (Å²) >= 11 is 10.8. The second kappa shape index (κ2) is 8.00. The van der Waals surface area contributed by atoms with Crippen LogP contribution in [0.1, 0.15) is 5.56 Å². The van der Waals surface area contributed by atoms with Crippen LogP contribution in [0, 0.1) is 0 Å². The van der Waals surface area contributed by atoms with Crippen molar-refractivity contribution in [3.63, 3.8) is 0 Å². The third-order valence-electron chi connectivity index (χ3n) is 1.84. The number of hydrogen-bond acceptors (Lipinski definition) is 3. The Balaban J connectivity index is 2.29. The fourth-order valence-electron chi connectivity index (χ4n) is 1.02. The number of rotatable bonds is 5. The van der Waals surface area contributed by atoms with Crippen molar-refractivity contribution in [1.82, 2.24) is 10.7 Å². The molecule has 92 valence electrons. The summed E-state index contributed by atoms with van der Waals surface area (Å²) in [4.78, 5) is 0. The van der Waals surface area contributed by atoms with E-state index in [1.54, 1.807) is 25.5 Å². The molecule has 6 heteroatoms. The van der Waals surface area contributed by atoms with Gasteiger partial charge in [-0.05, 0) is 29.9 Å². The molecule has 0 heterocycles. The van der Waals surface area contributed by atoms with Gasteiger partial charge in [-0.2, -0.15) is 5.10 Å². The number of benzene rings is 1. The van der Waals surface area contributed by atoms with Crippen LogP contribution in [0.15, 0.2) is 29.4 Å². The number of thiocarbonyl (C=S) groups is 1. The Labute approximate surface area is 111 Å². The molecular formula is C11H14ClN3OS. The normalized spacial score (nSPS) is 10.5. The number of nitrogens with one attached hydrogen (secondary N) is 2. The van der Waals surface area contributed by atoms with Crippen LogP contribution in [0.25, 0.3) is 0 Å². The number of hydrazone groups is 1. The van der Waals surface area contributed by atoms with E-state index in [0.29, 0.717) is 23.3 Å². The molecule has 0 aliphatic carbocycles. The third-order valence-corrected chi connectivity index (χ3v) is 2.33. The SMILES string of the molecule is COCCNC(=S)N/N=C\c1ccc(Cl)cc1. The number of nitrogens with zero attached hydrogens (tertiary/aromatic N) is 1. The van der Waals surface area contributed by atoms with Gasteiger partial charge < -0.3 is 10.1 Å². The zero-order chi connectivity index (χ0) is 12.5. The van der Waals surface area contributed by atoms with Gasteiger partial charge in [-0.15, -0.1) is 0 Å². The minimum Gasteiger partial charge on any atom is -0.383 e. The summed E-state index contributed by atoms with van der Waals surface area (Å²) in [5.41, 5.74) is 3.65. The molecule has 0 unspecified atom stereocenters.